The minimum absolute atomic E-state index is 0. The molecule has 24 heavy (non-hydrogen) atoms. The first-order valence-electron chi connectivity index (χ1n) is 8.78. The summed E-state index contributed by atoms with van der Waals surface area (Å²) >= 11 is 0. The van der Waals surface area contributed by atoms with Crippen LogP contribution in [0.25, 0.3) is 0 Å². The summed E-state index contributed by atoms with van der Waals surface area (Å²) in [7, 11) is 0. The minimum Gasteiger partial charge on any atom is -0.350 e. The second-order valence-electron chi connectivity index (χ2n) is 7.26. The topological polar surface area (TPSA) is 58.4 Å². The van der Waals surface area contributed by atoms with E-state index in [0.717, 1.165) is 24.6 Å². The van der Waals surface area contributed by atoms with Crippen molar-refractivity contribution in [1.82, 2.24) is 10.2 Å². The lowest BCUT2D eigenvalue weighted by Crippen LogP contribution is -2.54. The molecule has 2 rings (SSSR count). The third-order valence-corrected chi connectivity index (χ3v) is 5.09. The zero-order valence-corrected chi connectivity index (χ0v) is 16.0. The maximum absolute atomic E-state index is 12.3. The van der Waals surface area contributed by atoms with Crippen LogP contribution < -0.4 is 11.1 Å². The van der Waals surface area contributed by atoms with E-state index < -0.39 is 0 Å². The average Bonchev–Trinajstić information content (AvgIpc) is 2.60. The number of nitrogens with two attached hydrogens (primary N) is 1. The molecule has 1 aliphatic rings. The molecule has 1 aliphatic heterocycles. The van der Waals surface area contributed by atoms with Crippen LogP contribution in [0.4, 0.5) is 0 Å². The molecule has 1 unspecified atom stereocenters. The van der Waals surface area contributed by atoms with Crippen LogP contribution in [0.2, 0.25) is 0 Å². The molecule has 1 saturated heterocycles. The third-order valence-electron chi connectivity index (χ3n) is 5.09. The highest BCUT2D eigenvalue weighted by molar-refractivity contribution is 5.94. The number of likely N-dealkylation sites (tertiary alicyclic amines) is 1. The Labute approximate surface area is 152 Å². The fraction of sp³-hybridized carbons (Fsp3) is 0.632. The van der Waals surface area contributed by atoms with Crippen molar-refractivity contribution in [2.24, 2.45) is 11.7 Å². The zero-order valence-electron chi connectivity index (χ0n) is 15.2. The van der Waals surface area contributed by atoms with Crippen molar-refractivity contribution in [1.29, 1.82) is 0 Å². The van der Waals surface area contributed by atoms with Gasteiger partial charge in [-0.15, -0.1) is 12.4 Å². The molecule has 3 N–H and O–H groups in total. The van der Waals surface area contributed by atoms with E-state index in [-0.39, 0.29) is 23.9 Å². The summed E-state index contributed by atoms with van der Waals surface area (Å²) in [4.78, 5) is 14.9. The van der Waals surface area contributed by atoms with E-state index in [1.165, 1.54) is 19.3 Å². The Bertz CT molecular complexity index is 516. The van der Waals surface area contributed by atoms with E-state index in [1.54, 1.807) is 0 Å². The summed E-state index contributed by atoms with van der Waals surface area (Å²) in [5.74, 6) is 0.785. The van der Waals surface area contributed by atoms with Crippen molar-refractivity contribution < 1.29 is 4.79 Å². The summed E-state index contributed by atoms with van der Waals surface area (Å²) in [6, 6.07) is 7.52. The Hall–Kier alpha value is -1.10. The molecular weight excluding hydrogens is 322 g/mol. The number of nitrogens with zero attached hydrogens (tertiary/aromatic N) is 1. The van der Waals surface area contributed by atoms with E-state index in [2.05, 4.69) is 31.0 Å². The van der Waals surface area contributed by atoms with Gasteiger partial charge in [0.2, 0.25) is 0 Å². The second kappa shape index (κ2) is 9.40. The molecule has 1 atom stereocenters. The second-order valence-corrected chi connectivity index (χ2v) is 7.26. The highest BCUT2D eigenvalue weighted by Crippen LogP contribution is 2.25. The van der Waals surface area contributed by atoms with Crippen LogP contribution in [0.1, 0.15) is 56.0 Å². The van der Waals surface area contributed by atoms with Gasteiger partial charge in [0.1, 0.15) is 0 Å². The zero-order chi connectivity index (χ0) is 16.9. The standard InChI is InChI=1S/C19H31N3O.ClH/c1-4-15-6-5-11-22(13-15)19(2,3)14-21-18(23)17-9-7-16(12-20)8-10-17;/h7-10,15H,4-6,11-14,20H2,1-3H3,(H,21,23);1H. The summed E-state index contributed by atoms with van der Waals surface area (Å²) in [6.07, 6.45) is 3.84. The SMILES string of the molecule is CCC1CCCN(C(C)(C)CNC(=O)c2ccc(CN)cc2)C1.Cl. The van der Waals surface area contributed by atoms with Gasteiger partial charge in [-0.05, 0) is 56.8 Å². The van der Waals surface area contributed by atoms with E-state index in [9.17, 15) is 4.79 Å². The van der Waals surface area contributed by atoms with E-state index in [4.69, 9.17) is 5.73 Å². The van der Waals surface area contributed by atoms with Crippen molar-refractivity contribution in [3.63, 3.8) is 0 Å². The fourth-order valence-corrected chi connectivity index (χ4v) is 3.25. The molecule has 4 nitrogen and oxygen atoms in total. The van der Waals surface area contributed by atoms with E-state index >= 15 is 0 Å². The van der Waals surface area contributed by atoms with Crippen LogP contribution in [0.15, 0.2) is 24.3 Å². The number of carbonyl (C=O) groups is 1. The number of rotatable bonds is 6. The maximum atomic E-state index is 12.3. The molecule has 1 fully saturated rings. The predicted octanol–water partition coefficient (Wildman–Crippen LogP) is 3.20. The predicted molar refractivity (Wildman–Crippen MR) is 103 cm³/mol. The van der Waals surface area contributed by atoms with Crippen LogP contribution in [0.5, 0.6) is 0 Å². The summed E-state index contributed by atoms with van der Waals surface area (Å²) in [5, 5.41) is 3.09. The van der Waals surface area contributed by atoms with E-state index in [1.807, 2.05) is 24.3 Å². The van der Waals surface area contributed by atoms with Gasteiger partial charge in [0, 0.05) is 30.7 Å². The lowest BCUT2D eigenvalue weighted by atomic mass is 9.91. The maximum Gasteiger partial charge on any atom is 0.251 e. The molecule has 1 aromatic rings. The molecular formula is C19H32ClN3O. The van der Waals surface area contributed by atoms with Gasteiger partial charge in [-0.2, -0.15) is 0 Å². The van der Waals surface area contributed by atoms with Crippen LogP contribution in [-0.4, -0.2) is 36.0 Å². The van der Waals surface area contributed by atoms with E-state index in [0.29, 0.717) is 18.7 Å². The average molecular weight is 354 g/mol. The number of piperidine rings is 1. The van der Waals surface area contributed by atoms with Gasteiger partial charge in [0.05, 0.1) is 0 Å². The Morgan fingerprint density at radius 1 is 1.33 bits per heavy atom. The summed E-state index contributed by atoms with van der Waals surface area (Å²) in [5.41, 5.74) is 7.32. The lowest BCUT2D eigenvalue weighted by Gasteiger charge is -2.43. The first-order valence-corrected chi connectivity index (χ1v) is 8.78. The molecule has 0 aromatic heterocycles. The first-order chi connectivity index (χ1) is 11.0. The Morgan fingerprint density at radius 3 is 2.58 bits per heavy atom. The molecule has 136 valence electrons. The first kappa shape index (κ1) is 20.9. The van der Waals surface area contributed by atoms with Gasteiger partial charge < -0.3 is 11.1 Å². The minimum atomic E-state index is -0.0132. The van der Waals surface area contributed by atoms with Crippen molar-refractivity contribution >= 4 is 18.3 Å². The number of amides is 1. The number of halogens is 1. The van der Waals surface area contributed by atoms with Crippen LogP contribution >= 0.6 is 12.4 Å². The molecule has 1 heterocycles. The van der Waals surface area contributed by atoms with Gasteiger partial charge >= 0.3 is 0 Å². The quantitative estimate of drug-likeness (QED) is 0.825. The lowest BCUT2D eigenvalue weighted by molar-refractivity contribution is 0.0612. The Morgan fingerprint density at radius 2 is 2.00 bits per heavy atom. The Kier molecular flexibility index (Phi) is 8.20. The number of nitrogens with one attached hydrogen (secondary N) is 1. The highest BCUT2D eigenvalue weighted by atomic mass is 35.5. The molecule has 0 saturated carbocycles. The smallest absolute Gasteiger partial charge is 0.251 e. The normalized spacial score (nSPS) is 18.8. The monoisotopic (exact) mass is 353 g/mol. The van der Waals surface area contributed by atoms with Gasteiger partial charge in [-0.25, -0.2) is 0 Å². The summed E-state index contributed by atoms with van der Waals surface area (Å²) < 4.78 is 0. The molecule has 0 aliphatic carbocycles. The van der Waals surface area contributed by atoms with Gasteiger partial charge in [0.25, 0.3) is 5.91 Å². The number of benzene rings is 1. The summed E-state index contributed by atoms with van der Waals surface area (Å²) in [6.45, 7) is 10.2. The molecule has 0 spiro atoms. The Balaban J connectivity index is 0.00000288. The van der Waals surface area contributed by atoms with Crippen LogP contribution in [0, 0.1) is 5.92 Å². The van der Waals surface area contributed by atoms with Crippen molar-refractivity contribution in [3.8, 4) is 0 Å². The molecule has 0 radical (unpaired) electrons. The van der Waals surface area contributed by atoms with Gasteiger partial charge in [0.15, 0.2) is 0 Å². The number of carbonyl (C=O) groups excluding carboxylic acids is 1. The number of hydrogen-bond donors (Lipinski definition) is 2. The van der Waals surface area contributed by atoms with Crippen LogP contribution in [-0.2, 0) is 6.54 Å². The van der Waals surface area contributed by atoms with Crippen molar-refractivity contribution in [3.05, 3.63) is 35.4 Å². The van der Waals surface area contributed by atoms with Gasteiger partial charge in [-0.3, -0.25) is 9.69 Å². The van der Waals surface area contributed by atoms with Crippen molar-refractivity contribution in [2.75, 3.05) is 19.6 Å². The molecule has 0 bridgehead atoms. The molecule has 5 heteroatoms. The fourth-order valence-electron chi connectivity index (χ4n) is 3.25. The largest absolute Gasteiger partial charge is 0.350 e. The molecule has 1 aromatic carbocycles. The third kappa shape index (κ3) is 5.47. The van der Waals surface area contributed by atoms with Crippen LogP contribution in [0.3, 0.4) is 0 Å². The van der Waals surface area contributed by atoms with Crippen molar-refractivity contribution in [2.45, 2.75) is 52.1 Å². The molecule has 1 amide bonds. The highest BCUT2D eigenvalue weighted by Gasteiger charge is 2.31. The number of hydrogen-bond acceptors (Lipinski definition) is 3. The van der Waals surface area contributed by atoms with Gasteiger partial charge in [-0.1, -0.05) is 25.5 Å².